The summed E-state index contributed by atoms with van der Waals surface area (Å²) in [6, 6.07) is 0.559. The minimum absolute atomic E-state index is 0.559. The van der Waals surface area contributed by atoms with Gasteiger partial charge in [0.15, 0.2) is 5.82 Å². The minimum Gasteiger partial charge on any atom is -0.310 e. The standard InChI is InChI=1S/C13H24N4/c1-4-14-8-13-15-9-17(16-13)12-6-5-10(2)11(3)7-12/h9-12,14H,4-8H2,1-3H3. The second-order valence-electron chi connectivity index (χ2n) is 5.34. The van der Waals surface area contributed by atoms with Crippen LogP contribution in [0.3, 0.4) is 0 Å². The Morgan fingerprint density at radius 2 is 2.18 bits per heavy atom. The summed E-state index contributed by atoms with van der Waals surface area (Å²) < 4.78 is 2.08. The molecule has 0 spiro atoms. The van der Waals surface area contributed by atoms with Gasteiger partial charge in [-0.15, -0.1) is 0 Å². The van der Waals surface area contributed by atoms with Crippen LogP contribution in [0.4, 0.5) is 0 Å². The maximum atomic E-state index is 4.57. The molecule has 0 saturated heterocycles. The Morgan fingerprint density at radius 1 is 1.35 bits per heavy atom. The molecule has 0 amide bonds. The maximum Gasteiger partial charge on any atom is 0.164 e. The Morgan fingerprint density at radius 3 is 2.88 bits per heavy atom. The Hall–Kier alpha value is -0.900. The van der Waals surface area contributed by atoms with Gasteiger partial charge in [0.1, 0.15) is 6.33 Å². The molecule has 0 aliphatic heterocycles. The van der Waals surface area contributed by atoms with Crippen LogP contribution in [0, 0.1) is 11.8 Å². The second kappa shape index (κ2) is 5.63. The normalized spacial score (nSPS) is 29.5. The molecule has 0 aromatic carbocycles. The van der Waals surface area contributed by atoms with Crippen LogP contribution in [0.5, 0.6) is 0 Å². The number of aromatic nitrogens is 3. The fraction of sp³-hybridized carbons (Fsp3) is 0.846. The van der Waals surface area contributed by atoms with E-state index in [-0.39, 0.29) is 0 Å². The molecule has 1 aliphatic carbocycles. The zero-order chi connectivity index (χ0) is 12.3. The highest BCUT2D eigenvalue weighted by Crippen LogP contribution is 2.35. The SMILES string of the molecule is CCNCc1ncn(C2CCC(C)C(C)C2)n1. The van der Waals surface area contributed by atoms with Crippen molar-refractivity contribution in [2.75, 3.05) is 6.54 Å². The summed E-state index contributed by atoms with van der Waals surface area (Å²) in [7, 11) is 0. The summed E-state index contributed by atoms with van der Waals surface area (Å²) >= 11 is 0. The number of hydrogen-bond donors (Lipinski definition) is 1. The van der Waals surface area contributed by atoms with Crippen LogP contribution in [0.1, 0.15) is 51.9 Å². The van der Waals surface area contributed by atoms with E-state index >= 15 is 0 Å². The van der Waals surface area contributed by atoms with Gasteiger partial charge in [0, 0.05) is 0 Å². The van der Waals surface area contributed by atoms with Crippen LogP contribution in [0.25, 0.3) is 0 Å². The molecule has 4 heteroatoms. The first-order valence-corrected chi connectivity index (χ1v) is 6.81. The molecule has 0 radical (unpaired) electrons. The van der Waals surface area contributed by atoms with Crippen molar-refractivity contribution in [3.63, 3.8) is 0 Å². The second-order valence-corrected chi connectivity index (χ2v) is 5.34. The van der Waals surface area contributed by atoms with E-state index in [1.807, 2.05) is 6.33 Å². The fourth-order valence-electron chi connectivity index (χ4n) is 2.56. The lowest BCUT2D eigenvalue weighted by atomic mass is 9.79. The Kier molecular flexibility index (Phi) is 4.15. The molecule has 0 bridgehead atoms. The average Bonchev–Trinajstić information content (AvgIpc) is 2.79. The van der Waals surface area contributed by atoms with Gasteiger partial charge in [-0.1, -0.05) is 20.8 Å². The Labute approximate surface area is 104 Å². The van der Waals surface area contributed by atoms with Gasteiger partial charge in [0.25, 0.3) is 0 Å². The van der Waals surface area contributed by atoms with Gasteiger partial charge in [-0.05, 0) is 37.6 Å². The molecule has 1 heterocycles. The first-order valence-electron chi connectivity index (χ1n) is 6.81. The quantitative estimate of drug-likeness (QED) is 0.873. The lowest BCUT2D eigenvalue weighted by Gasteiger charge is -2.31. The molecular weight excluding hydrogens is 212 g/mol. The van der Waals surface area contributed by atoms with Crippen LogP contribution in [-0.2, 0) is 6.54 Å². The largest absolute Gasteiger partial charge is 0.310 e. The molecule has 1 N–H and O–H groups in total. The molecule has 3 unspecified atom stereocenters. The van der Waals surface area contributed by atoms with Crippen LogP contribution < -0.4 is 5.32 Å². The van der Waals surface area contributed by atoms with Crippen molar-refractivity contribution in [2.24, 2.45) is 11.8 Å². The summed E-state index contributed by atoms with van der Waals surface area (Å²) in [5.41, 5.74) is 0. The van der Waals surface area contributed by atoms with Crippen LogP contribution >= 0.6 is 0 Å². The molecule has 4 nitrogen and oxygen atoms in total. The van der Waals surface area contributed by atoms with Crippen molar-refractivity contribution in [1.29, 1.82) is 0 Å². The highest BCUT2D eigenvalue weighted by molar-refractivity contribution is 4.85. The van der Waals surface area contributed by atoms with Gasteiger partial charge >= 0.3 is 0 Å². The van der Waals surface area contributed by atoms with E-state index in [1.165, 1.54) is 19.3 Å². The van der Waals surface area contributed by atoms with Crippen molar-refractivity contribution in [1.82, 2.24) is 20.1 Å². The van der Waals surface area contributed by atoms with E-state index in [2.05, 4.69) is 40.9 Å². The predicted molar refractivity (Wildman–Crippen MR) is 68.6 cm³/mol. The monoisotopic (exact) mass is 236 g/mol. The lowest BCUT2D eigenvalue weighted by molar-refractivity contribution is 0.200. The summed E-state index contributed by atoms with van der Waals surface area (Å²) in [4.78, 5) is 4.36. The molecule has 96 valence electrons. The summed E-state index contributed by atoms with van der Waals surface area (Å²) in [6.45, 7) is 8.56. The number of rotatable bonds is 4. The van der Waals surface area contributed by atoms with Crippen molar-refractivity contribution in [3.8, 4) is 0 Å². The third kappa shape index (κ3) is 3.06. The summed E-state index contributed by atoms with van der Waals surface area (Å²) in [5, 5.41) is 7.83. The number of hydrogen-bond acceptors (Lipinski definition) is 3. The molecule has 1 aromatic heterocycles. The van der Waals surface area contributed by atoms with E-state index in [0.29, 0.717) is 6.04 Å². The molecule has 17 heavy (non-hydrogen) atoms. The Bertz CT molecular complexity index is 347. The molecule has 2 rings (SSSR count). The van der Waals surface area contributed by atoms with E-state index < -0.39 is 0 Å². The highest BCUT2D eigenvalue weighted by Gasteiger charge is 2.26. The molecular formula is C13H24N4. The van der Waals surface area contributed by atoms with E-state index in [1.54, 1.807) is 0 Å². The molecule has 1 aliphatic rings. The third-order valence-electron chi connectivity index (χ3n) is 4.03. The Balaban J connectivity index is 1.95. The smallest absolute Gasteiger partial charge is 0.164 e. The first kappa shape index (κ1) is 12.6. The topological polar surface area (TPSA) is 42.7 Å². The van der Waals surface area contributed by atoms with Gasteiger partial charge in [0.2, 0.25) is 0 Å². The molecule has 1 aromatic rings. The van der Waals surface area contributed by atoms with Crippen LogP contribution in [0.2, 0.25) is 0 Å². The highest BCUT2D eigenvalue weighted by atomic mass is 15.3. The zero-order valence-corrected chi connectivity index (χ0v) is 11.2. The summed E-state index contributed by atoms with van der Waals surface area (Å²) in [5.74, 6) is 2.57. The molecule has 1 saturated carbocycles. The zero-order valence-electron chi connectivity index (χ0n) is 11.2. The van der Waals surface area contributed by atoms with Gasteiger partial charge in [-0.25, -0.2) is 9.67 Å². The van der Waals surface area contributed by atoms with Gasteiger partial charge < -0.3 is 5.32 Å². The summed E-state index contributed by atoms with van der Waals surface area (Å²) in [6.07, 6.45) is 5.70. The molecule has 3 atom stereocenters. The van der Waals surface area contributed by atoms with E-state index in [9.17, 15) is 0 Å². The van der Waals surface area contributed by atoms with Crippen molar-refractivity contribution < 1.29 is 0 Å². The van der Waals surface area contributed by atoms with Crippen molar-refractivity contribution in [3.05, 3.63) is 12.2 Å². The van der Waals surface area contributed by atoms with Crippen LogP contribution in [-0.4, -0.2) is 21.3 Å². The number of nitrogens with zero attached hydrogens (tertiary/aromatic N) is 3. The number of nitrogens with one attached hydrogen (secondary N) is 1. The average molecular weight is 236 g/mol. The third-order valence-corrected chi connectivity index (χ3v) is 4.03. The van der Waals surface area contributed by atoms with Gasteiger partial charge in [-0.3, -0.25) is 0 Å². The van der Waals surface area contributed by atoms with Crippen molar-refractivity contribution in [2.45, 2.75) is 52.6 Å². The van der Waals surface area contributed by atoms with Crippen molar-refractivity contribution >= 4 is 0 Å². The van der Waals surface area contributed by atoms with Gasteiger partial charge in [-0.2, -0.15) is 5.10 Å². The van der Waals surface area contributed by atoms with Gasteiger partial charge in [0.05, 0.1) is 12.6 Å². The fourth-order valence-corrected chi connectivity index (χ4v) is 2.56. The van der Waals surface area contributed by atoms with Crippen LogP contribution in [0.15, 0.2) is 6.33 Å². The predicted octanol–water partition coefficient (Wildman–Crippen LogP) is 2.38. The molecule has 1 fully saturated rings. The first-order chi connectivity index (χ1) is 8.20. The van der Waals surface area contributed by atoms with E-state index in [0.717, 1.165) is 30.7 Å². The van der Waals surface area contributed by atoms with E-state index in [4.69, 9.17) is 0 Å². The maximum absolute atomic E-state index is 4.57. The minimum atomic E-state index is 0.559. The lowest BCUT2D eigenvalue weighted by Crippen LogP contribution is -2.24.